The summed E-state index contributed by atoms with van der Waals surface area (Å²) in [7, 11) is 0. The van der Waals surface area contributed by atoms with Crippen molar-refractivity contribution in [3.63, 3.8) is 0 Å². The van der Waals surface area contributed by atoms with Crippen LogP contribution in [0.2, 0.25) is 0 Å². The second kappa shape index (κ2) is 12.1. The number of halogens is 4. The largest absolute Gasteiger partial charge is 0.447 e. The van der Waals surface area contributed by atoms with Crippen molar-refractivity contribution in [1.82, 2.24) is 14.9 Å². The zero-order valence-electron chi connectivity index (χ0n) is 23.8. The Morgan fingerprint density at radius 3 is 1.90 bits per heavy atom. The minimum absolute atomic E-state index is 0.0596. The van der Waals surface area contributed by atoms with Crippen LogP contribution in [0.15, 0.2) is 30.6 Å². The van der Waals surface area contributed by atoms with Gasteiger partial charge in [-0.25, -0.2) is 32.3 Å². The molecule has 1 saturated heterocycles. The molecule has 3 rings (SSSR count). The number of nitrogens with zero attached hydrogens (tertiary/aromatic N) is 4. The molecule has 2 heterocycles. The summed E-state index contributed by atoms with van der Waals surface area (Å²) >= 11 is 0. The van der Waals surface area contributed by atoms with Gasteiger partial charge in [0.1, 0.15) is 0 Å². The van der Waals surface area contributed by atoms with E-state index in [0.717, 1.165) is 11.6 Å². The van der Waals surface area contributed by atoms with Crippen LogP contribution in [0, 0.1) is 6.92 Å². The molecule has 0 saturated carbocycles. The lowest BCUT2D eigenvalue weighted by Gasteiger charge is -2.47. The third-order valence-corrected chi connectivity index (χ3v) is 7.19. The Balaban J connectivity index is 2.05. The van der Waals surface area contributed by atoms with E-state index in [1.54, 1.807) is 12.4 Å². The van der Waals surface area contributed by atoms with Crippen LogP contribution in [-0.4, -0.2) is 45.2 Å². The van der Waals surface area contributed by atoms with Gasteiger partial charge in [-0.2, -0.15) is 0 Å². The van der Waals surface area contributed by atoms with E-state index < -0.39 is 23.0 Å². The summed E-state index contributed by atoms with van der Waals surface area (Å²) < 4.78 is 62.9. The number of aromatic nitrogens is 2. The highest BCUT2D eigenvalue weighted by Crippen LogP contribution is 2.37. The topological polar surface area (TPSA) is 58.6 Å². The third-order valence-electron chi connectivity index (χ3n) is 7.19. The molecule has 10 heteroatoms. The lowest BCUT2D eigenvalue weighted by atomic mass is 9.87. The highest BCUT2D eigenvalue weighted by Gasteiger charge is 2.41. The van der Waals surface area contributed by atoms with Crippen LogP contribution in [0.5, 0.6) is 0 Å². The summed E-state index contributed by atoms with van der Waals surface area (Å²) in [6.07, 6.45) is 5.24. The minimum Gasteiger partial charge on any atom is -0.447 e. The van der Waals surface area contributed by atoms with Gasteiger partial charge >= 0.3 is 6.09 Å². The van der Waals surface area contributed by atoms with E-state index in [9.17, 15) is 22.4 Å². The van der Waals surface area contributed by atoms with Crippen molar-refractivity contribution in [3.05, 3.63) is 52.8 Å². The van der Waals surface area contributed by atoms with Gasteiger partial charge < -0.3 is 14.5 Å². The van der Waals surface area contributed by atoms with E-state index >= 15 is 0 Å². The van der Waals surface area contributed by atoms with Crippen molar-refractivity contribution in [2.24, 2.45) is 0 Å². The molecule has 39 heavy (non-hydrogen) atoms. The molecule has 1 fully saturated rings. The van der Waals surface area contributed by atoms with Crippen molar-refractivity contribution in [1.29, 1.82) is 0 Å². The van der Waals surface area contributed by atoms with E-state index in [0.29, 0.717) is 51.0 Å². The number of aryl methyl sites for hydroxylation is 1. The Hall–Kier alpha value is -2.91. The molecule has 1 amide bonds. The number of hydrogen-bond acceptors (Lipinski definition) is 5. The Bertz CT molecular complexity index is 1070. The molecule has 0 bridgehead atoms. The highest BCUT2D eigenvalue weighted by molar-refractivity contribution is 5.69. The number of hydrogen-bond donors (Lipinski definition) is 0. The quantitative estimate of drug-likeness (QED) is 0.300. The first-order chi connectivity index (χ1) is 18.1. The molecule has 2 aromatic rings. The van der Waals surface area contributed by atoms with Crippen molar-refractivity contribution >= 4 is 12.0 Å². The molecule has 1 unspecified atom stereocenters. The Morgan fingerprint density at radius 1 is 1.00 bits per heavy atom. The second-order valence-corrected chi connectivity index (χ2v) is 11.0. The van der Waals surface area contributed by atoms with Crippen LogP contribution in [0.3, 0.4) is 0 Å². The predicted octanol–water partition coefficient (Wildman–Crippen LogP) is 7.58. The first-order valence-electron chi connectivity index (χ1n) is 13.6. The van der Waals surface area contributed by atoms with E-state index in [-0.39, 0.29) is 36.9 Å². The number of alkyl halides is 4. The molecule has 6 nitrogen and oxygen atoms in total. The molecule has 1 aromatic carbocycles. The van der Waals surface area contributed by atoms with Crippen molar-refractivity contribution in [3.8, 4) is 0 Å². The van der Waals surface area contributed by atoms with Crippen molar-refractivity contribution < 1.29 is 27.1 Å². The van der Waals surface area contributed by atoms with E-state index in [2.05, 4.69) is 9.97 Å². The molecule has 0 aliphatic carbocycles. The van der Waals surface area contributed by atoms with Gasteiger partial charge in [-0.05, 0) is 75.8 Å². The molecule has 0 spiro atoms. The summed E-state index contributed by atoms with van der Waals surface area (Å²) in [5.41, 5.74) is 0.233. The van der Waals surface area contributed by atoms with Gasteiger partial charge in [0.2, 0.25) is 5.95 Å². The summed E-state index contributed by atoms with van der Waals surface area (Å²) in [6.45, 7) is 11.0. The number of carbonyl (C=O) groups is 1. The summed E-state index contributed by atoms with van der Waals surface area (Å²) in [5, 5.41) is 0. The maximum Gasteiger partial charge on any atom is 0.410 e. The van der Waals surface area contributed by atoms with E-state index in [1.807, 2.05) is 44.4 Å². The van der Waals surface area contributed by atoms with Crippen LogP contribution in [-0.2, 0) is 23.1 Å². The van der Waals surface area contributed by atoms with Gasteiger partial charge in [0.15, 0.2) is 0 Å². The molecule has 216 valence electrons. The predicted molar refractivity (Wildman–Crippen MR) is 143 cm³/mol. The van der Waals surface area contributed by atoms with Gasteiger partial charge in [0, 0.05) is 62.0 Å². The zero-order chi connectivity index (χ0) is 29.1. The molecule has 3 atom stereocenters. The maximum absolute atomic E-state index is 14.3. The molecule has 1 aliphatic heterocycles. The third kappa shape index (κ3) is 7.60. The smallest absolute Gasteiger partial charge is 0.410 e. The number of amides is 1. The summed E-state index contributed by atoms with van der Waals surface area (Å²) in [4.78, 5) is 25.7. The Labute approximate surface area is 228 Å². The first-order valence-corrected chi connectivity index (χ1v) is 13.6. The van der Waals surface area contributed by atoms with Crippen LogP contribution in [0.1, 0.15) is 89.5 Å². The van der Waals surface area contributed by atoms with Crippen LogP contribution >= 0.6 is 0 Å². The van der Waals surface area contributed by atoms with Crippen LogP contribution < -0.4 is 4.90 Å². The van der Waals surface area contributed by atoms with Gasteiger partial charge in [-0.1, -0.05) is 13.8 Å². The highest BCUT2D eigenvalue weighted by atomic mass is 19.3. The first kappa shape index (κ1) is 30.6. The van der Waals surface area contributed by atoms with Crippen molar-refractivity contribution in [2.45, 2.75) is 117 Å². The molecule has 0 radical (unpaired) electrons. The number of carbonyl (C=O) groups excluding carboxylic acids is 1. The van der Waals surface area contributed by atoms with Gasteiger partial charge in [-0.3, -0.25) is 0 Å². The molecule has 1 aromatic heterocycles. The van der Waals surface area contributed by atoms with E-state index in [1.165, 1.54) is 12.1 Å². The fraction of sp³-hybridized carbons (Fsp3) is 0.621. The van der Waals surface area contributed by atoms with Crippen LogP contribution in [0.25, 0.3) is 0 Å². The standard InChI is InChI=1S/C29H40F4N4O2/c1-8-23-13-25(14-24(9-2)37(23)27(38)39-18(3)4)36(26-34-15-19(5)16-35-26)17-20-10-21(28(6,30)31)12-22(11-20)29(7,32)33/h10-12,15-16,18,23-25H,8-9,13-14,17H2,1-7H3/t23-,24+,25?. The molecule has 1 aliphatic rings. The molecular formula is C29H40F4N4O2. The van der Waals surface area contributed by atoms with Gasteiger partial charge in [0.25, 0.3) is 11.8 Å². The lowest BCUT2D eigenvalue weighted by molar-refractivity contribution is 0.0104. The Morgan fingerprint density at radius 2 is 1.49 bits per heavy atom. The molecular weight excluding hydrogens is 512 g/mol. The number of anilines is 1. The van der Waals surface area contributed by atoms with Gasteiger partial charge in [-0.15, -0.1) is 0 Å². The number of ether oxygens (including phenoxy) is 1. The maximum atomic E-state index is 14.3. The molecule has 0 N–H and O–H groups in total. The number of likely N-dealkylation sites (tertiary alicyclic amines) is 1. The second-order valence-electron chi connectivity index (χ2n) is 11.0. The number of benzene rings is 1. The average molecular weight is 553 g/mol. The monoisotopic (exact) mass is 552 g/mol. The zero-order valence-corrected chi connectivity index (χ0v) is 23.8. The number of rotatable bonds is 9. The van der Waals surface area contributed by atoms with Crippen LogP contribution in [0.4, 0.5) is 28.3 Å². The van der Waals surface area contributed by atoms with Crippen molar-refractivity contribution in [2.75, 3.05) is 4.90 Å². The minimum atomic E-state index is -3.29. The fourth-order valence-corrected chi connectivity index (χ4v) is 5.18. The SMILES string of the molecule is CC[C@@H]1CC(N(Cc2cc(C(C)(F)F)cc(C(C)(F)F)c2)c2ncc(C)cn2)C[C@H](CC)N1C(=O)OC(C)C. The van der Waals surface area contributed by atoms with E-state index in [4.69, 9.17) is 4.74 Å². The fourth-order valence-electron chi connectivity index (χ4n) is 5.18. The summed E-state index contributed by atoms with van der Waals surface area (Å²) in [5.74, 6) is -6.19. The number of piperidine rings is 1. The summed E-state index contributed by atoms with van der Waals surface area (Å²) in [6, 6.07) is 3.00. The Kier molecular flexibility index (Phi) is 9.49. The average Bonchev–Trinajstić information content (AvgIpc) is 2.85. The lowest BCUT2D eigenvalue weighted by Crippen LogP contribution is -2.57. The van der Waals surface area contributed by atoms with Gasteiger partial charge in [0.05, 0.1) is 6.10 Å². The normalized spacial score (nSPS) is 20.3.